The first-order valence-electron chi connectivity index (χ1n) is 24.1. The number of hydrogen-bond acceptors (Lipinski definition) is 2. The lowest BCUT2D eigenvalue weighted by Gasteiger charge is -2.35. The van der Waals surface area contributed by atoms with Crippen molar-refractivity contribution in [2.75, 3.05) is 4.90 Å². The maximum atomic E-state index is 6.79. The summed E-state index contributed by atoms with van der Waals surface area (Å²) >= 11 is 0. The van der Waals surface area contributed by atoms with Gasteiger partial charge in [-0.25, -0.2) is 0 Å². The van der Waals surface area contributed by atoms with E-state index in [-0.39, 0.29) is 0 Å². The minimum absolute atomic E-state index is 0.542. The van der Waals surface area contributed by atoms with Gasteiger partial charge < -0.3 is 13.9 Å². The number of nitrogens with zero attached hydrogens (tertiary/aromatic N) is 2. The van der Waals surface area contributed by atoms with Crippen molar-refractivity contribution in [3.8, 4) is 39.1 Å². The predicted octanol–water partition coefficient (Wildman–Crippen LogP) is 17.8. The fourth-order valence-corrected chi connectivity index (χ4v) is 11.5. The normalized spacial score (nSPS) is 12.7. The van der Waals surface area contributed by atoms with Crippen LogP contribution in [-0.2, 0) is 5.41 Å². The molecule has 0 fully saturated rings. The first kappa shape index (κ1) is 39.9. The minimum atomic E-state index is -0.542. The SMILES string of the molecule is c1ccc(-c2ccc3c(c2)oc2cc(N(c4ccc(-c5ccc6c7ccccc7n(-c7ccccc7)c6c5)cc4)c4ccc5c(c4)C(c4ccccc4)(c4ccccc4)c4ccccc4-5)ccc23)cc1. The lowest BCUT2D eigenvalue weighted by atomic mass is 9.67. The lowest BCUT2D eigenvalue weighted by molar-refractivity contribution is 0.669. The van der Waals surface area contributed by atoms with Crippen molar-refractivity contribution in [1.82, 2.24) is 4.57 Å². The monoisotopic (exact) mass is 892 g/mol. The molecular formula is C67H44N2O. The summed E-state index contributed by atoms with van der Waals surface area (Å²) in [6, 6.07) is 97.2. The third-order valence-corrected chi connectivity index (χ3v) is 14.7. The second-order valence-electron chi connectivity index (χ2n) is 18.4. The van der Waals surface area contributed by atoms with Crippen LogP contribution in [0.15, 0.2) is 271 Å². The summed E-state index contributed by atoms with van der Waals surface area (Å²) in [5.41, 5.74) is 20.0. The molecule has 0 atom stereocenters. The zero-order valence-electron chi connectivity index (χ0n) is 38.2. The fraction of sp³-hybridized carbons (Fsp3) is 0.0149. The van der Waals surface area contributed by atoms with E-state index >= 15 is 0 Å². The van der Waals surface area contributed by atoms with Gasteiger partial charge in [-0.1, -0.05) is 188 Å². The minimum Gasteiger partial charge on any atom is -0.456 e. The van der Waals surface area contributed by atoms with Crippen LogP contribution in [0.25, 0.3) is 82.8 Å². The van der Waals surface area contributed by atoms with E-state index in [1.807, 2.05) is 0 Å². The maximum absolute atomic E-state index is 6.79. The zero-order valence-corrected chi connectivity index (χ0v) is 38.2. The van der Waals surface area contributed by atoms with Crippen molar-refractivity contribution < 1.29 is 4.42 Å². The summed E-state index contributed by atoms with van der Waals surface area (Å²) in [4.78, 5) is 2.40. The highest BCUT2D eigenvalue weighted by Gasteiger charge is 2.46. The molecule has 1 aliphatic rings. The van der Waals surface area contributed by atoms with E-state index in [1.54, 1.807) is 0 Å². The largest absolute Gasteiger partial charge is 0.456 e. The van der Waals surface area contributed by atoms with Crippen LogP contribution < -0.4 is 4.90 Å². The van der Waals surface area contributed by atoms with Crippen LogP contribution >= 0.6 is 0 Å². The summed E-state index contributed by atoms with van der Waals surface area (Å²) in [7, 11) is 0. The molecule has 0 spiro atoms. The second-order valence-corrected chi connectivity index (χ2v) is 18.4. The fourth-order valence-electron chi connectivity index (χ4n) is 11.5. The van der Waals surface area contributed by atoms with Crippen LogP contribution in [0.4, 0.5) is 17.1 Å². The predicted molar refractivity (Wildman–Crippen MR) is 291 cm³/mol. The average molecular weight is 893 g/mol. The van der Waals surface area contributed by atoms with Gasteiger partial charge in [0.25, 0.3) is 0 Å². The summed E-state index contributed by atoms with van der Waals surface area (Å²) in [5, 5.41) is 4.68. The lowest BCUT2D eigenvalue weighted by Crippen LogP contribution is -2.28. The Labute approximate surface area is 406 Å². The van der Waals surface area contributed by atoms with Crippen molar-refractivity contribution in [2.24, 2.45) is 0 Å². The number of hydrogen-bond donors (Lipinski definition) is 0. The standard InChI is InChI=1S/C67H44N2O/c1-5-17-45(18-6-1)48-32-38-59-60-40-36-54(44-66(60)70-65(59)42-48)68(52-33-29-46(30-34-52)47-31-37-58-57-26-14-16-28-63(57)69(64(58)41-47)51-23-11-4-12-24-51)53-35-39-56-55-25-13-15-27-61(55)67(62(56)43-53,49-19-7-2-8-20-49)50-21-9-3-10-22-50/h1-44H. The van der Waals surface area contributed by atoms with Gasteiger partial charge in [0.05, 0.1) is 16.4 Å². The molecule has 0 N–H and O–H groups in total. The van der Waals surface area contributed by atoms with Crippen LogP contribution in [-0.4, -0.2) is 4.57 Å². The molecule has 13 aromatic rings. The van der Waals surface area contributed by atoms with E-state index in [4.69, 9.17) is 4.42 Å². The van der Waals surface area contributed by atoms with E-state index in [0.717, 1.165) is 61.4 Å². The Balaban J connectivity index is 0.950. The number of benzene rings is 11. The average Bonchev–Trinajstić information content (AvgIpc) is 4.07. The van der Waals surface area contributed by atoms with E-state index in [0.29, 0.717) is 0 Å². The van der Waals surface area contributed by atoms with Gasteiger partial charge in [0.2, 0.25) is 0 Å². The highest BCUT2D eigenvalue weighted by atomic mass is 16.3. The molecule has 1 aliphatic carbocycles. The molecule has 14 rings (SSSR count). The smallest absolute Gasteiger partial charge is 0.137 e. The quantitative estimate of drug-likeness (QED) is 0.152. The Bertz CT molecular complexity index is 4060. The molecule has 0 unspecified atom stereocenters. The highest BCUT2D eigenvalue weighted by Crippen LogP contribution is 2.57. The molecule has 2 heterocycles. The topological polar surface area (TPSA) is 21.3 Å². The van der Waals surface area contributed by atoms with Gasteiger partial charge in [-0.05, 0) is 128 Å². The van der Waals surface area contributed by atoms with Crippen LogP contribution in [0.5, 0.6) is 0 Å². The molecule has 0 saturated heterocycles. The number of anilines is 3. The number of rotatable bonds is 8. The van der Waals surface area contributed by atoms with Gasteiger partial charge in [-0.2, -0.15) is 0 Å². The number of para-hydroxylation sites is 2. The molecule has 2 aromatic heterocycles. The second kappa shape index (κ2) is 16.0. The number of furan rings is 1. The number of fused-ring (bicyclic) bond motifs is 9. The Morgan fingerprint density at radius 1 is 0.314 bits per heavy atom. The van der Waals surface area contributed by atoms with Crippen LogP contribution in [0.2, 0.25) is 0 Å². The Kier molecular flexibility index (Phi) is 9.11. The summed E-state index contributed by atoms with van der Waals surface area (Å²) < 4.78 is 9.18. The Morgan fingerprint density at radius 2 is 0.814 bits per heavy atom. The van der Waals surface area contributed by atoms with Crippen LogP contribution in [0.1, 0.15) is 22.3 Å². The molecule has 0 radical (unpaired) electrons. The van der Waals surface area contributed by atoms with Gasteiger partial charge >= 0.3 is 0 Å². The first-order chi connectivity index (χ1) is 34.7. The third kappa shape index (κ3) is 6.15. The zero-order chi connectivity index (χ0) is 46.2. The molecule has 70 heavy (non-hydrogen) atoms. The van der Waals surface area contributed by atoms with Gasteiger partial charge in [0.15, 0.2) is 0 Å². The van der Waals surface area contributed by atoms with E-state index in [1.165, 1.54) is 60.8 Å². The molecule has 0 saturated carbocycles. The summed E-state index contributed by atoms with van der Waals surface area (Å²) in [5.74, 6) is 0. The van der Waals surface area contributed by atoms with Crippen molar-refractivity contribution in [3.63, 3.8) is 0 Å². The van der Waals surface area contributed by atoms with Crippen molar-refractivity contribution in [3.05, 3.63) is 289 Å². The summed E-state index contributed by atoms with van der Waals surface area (Å²) in [6.45, 7) is 0. The molecule has 0 aliphatic heterocycles. The Hall–Kier alpha value is -9.18. The van der Waals surface area contributed by atoms with Gasteiger partial charge in [-0.15, -0.1) is 0 Å². The molecule has 11 aromatic carbocycles. The highest BCUT2D eigenvalue weighted by molar-refractivity contribution is 6.10. The van der Waals surface area contributed by atoms with E-state index in [2.05, 4.69) is 276 Å². The maximum Gasteiger partial charge on any atom is 0.137 e. The van der Waals surface area contributed by atoms with Gasteiger partial charge in [0.1, 0.15) is 11.2 Å². The van der Waals surface area contributed by atoms with Crippen molar-refractivity contribution in [1.29, 1.82) is 0 Å². The molecular weight excluding hydrogens is 849 g/mol. The molecule has 0 amide bonds. The van der Waals surface area contributed by atoms with Gasteiger partial charge in [-0.3, -0.25) is 0 Å². The number of aromatic nitrogens is 1. The Morgan fingerprint density at radius 3 is 1.56 bits per heavy atom. The molecule has 3 heteroatoms. The van der Waals surface area contributed by atoms with Gasteiger partial charge in [0, 0.05) is 50.4 Å². The van der Waals surface area contributed by atoms with E-state index < -0.39 is 5.41 Å². The van der Waals surface area contributed by atoms with Crippen LogP contribution in [0.3, 0.4) is 0 Å². The third-order valence-electron chi connectivity index (χ3n) is 14.7. The molecule has 328 valence electrons. The van der Waals surface area contributed by atoms with Crippen molar-refractivity contribution >= 4 is 60.8 Å². The van der Waals surface area contributed by atoms with Crippen LogP contribution in [0, 0.1) is 0 Å². The molecule has 0 bridgehead atoms. The van der Waals surface area contributed by atoms with Crippen molar-refractivity contribution in [2.45, 2.75) is 5.41 Å². The summed E-state index contributed by atoms with van der Waals surface area (Å²) in [6.07, 6.45) is 0. The molecule has 3 nitrogen and oxygen atoms in total. The van der Waals surface area contributed by atoms with E-state index in [9.17, 15) is 0 Å². The first-order valence-corrected chi connectivity index (χ1v) is 24.1.